The number of piperidine rings is 1. The molecule has 142 valence electrons. The van der Waals surface area contributed by atoms with Crippen LogP contribution in [0.1, 0.15) is 77.6 Å². The number of carbonyl (C=O) groups excluding carboxylic acids is 3. The fraction of sp³-hybridized carbons (Fsp3) is 0.650. The number of hydrogen-bond acceptors (Lipinski definition) is 3. The molecule has 2 heterocycles. The maximum atomic E-state index is 13.0. The number of nitrogens with zero attached hydrogens (tertiary/aromatic N) is 1. The molecule has 1 aromatic rings. The molecule has 6 heteroatoms. The van der Waals surface area contributed by atoms with Crippen molar-refractivity contribution in [2.45, 2.75) is 58.8 Å². The van der Waals surface area contributed by atoms with Crippen LogP contribution in [-0.2, 0) is 11.2 Å². The van der Waals surface area contributed by atoms with Crippen molar-refractivity contribution in [2.24, 2.45) is 5.92 Å². The highest BCUT2D eigenvalue weighted by molar-refractivity contribution is 6.04. The minimum Gasteiger partial charge on any atom is -0.356 e. The van der Waals surface area contributed by atoms with E-state index in [0.717, 1.165) is 49.8 Å². The molecular formula is C20H29N3O3. The summed E-state index contributed by atoms with van der Waals surface area (Å²) in [6.07, 6.45) is 5.88. The summed E-state index contributed by atoms with van der Waals surface area (Å²) in [6.45, 7) is 5.76. The standard InChI is InChI=1S/C20H29N3O3/c1-3-4-10-21-19(25)14-7-6-11-23(12-14)20(26)18-13(2)17-15(22-18)8-5-9-16(17)24/h14,22H,3-12H2,1-2H3,(H,21,25). The second-order valence-corrected chi connectivity index (χ2v) is 7.49. The molecule has 1 aliphatic carbocycles. The fourth-order valence-electron chi connectivity index (χ4n) is 4.05. The summed E-state index contributed by atoms with van der Waals surface area (Å²) < 4.78 is 0. The van der Waals surface area contributed by atoms with Crippen molar-refractivity contribution in [3.8, 4) is 0 Å². The number of hydrogen-bond donors (Lipinski definition) is 2. The van der Waals surface area contributed by atoms with Crippen LogP contribution in [0.4, 0.5) is 0 Å². The summed E-state index contributed by atoms with van der Waals surface area (Å²) >= 11 is 0. The van der Waals surface area contributed by atoms with Gasteiger partial charge in [0.25, 0.3) is 5.91 Å². The monoisotopic (exact) mass is 359 g/mol. The van der Waals surface area contributed by atoms with Gasteiger partial charge in [0.15, 0.2) is 5.78 Å². The van der Waals surface area contributed by atoms with Crippen LogP contribution >= 0.6 is 0 Å². The number of amides is 2. The molecule has 2 N–H and O–H groups in total. The molecule has 0 radical (unpaired) electrons. The number of rotatable bonds is 5. The molecular weight excluding hydrogens is 330 g/mol. The van der Waals surface area contributed by atoms with Crippen LogP contribution in [0, 0.1) is 12.8 Å². The molecule has 2 amide bonds. The van der Waals surface area contributed by atoms with E-state index in [1.54, 1.807) is 4.90 Å². The molecule has 1 aliphatic heterocycles. The number of aryl methyl sites for hydroxylation is 1. The fourth-order valence-corrected chi connectivity index (χ4v) is 4.05. The molecule has 0 saturated carbocycles. The van der Waals surface area contributed by atoms with Gasteiger partial charge in [-0.2, -0.15) is 0 Å². The predicted molar refractivity (Wildman–Crippen MR) is 99.3 cm³/mol. The minimum absolute atomic E-state index is 0.0497. The zero-order chi connectivity index (χ0) is 18.7. The number of fused-ring (bicyclic) bond motifs is 1. The maximum Gasteiger partial charge on any atom is 0.270 e. The van der Waals surface area contributed by atoms with E-state index in [9.17, 15) is 14.4 Å². The third kappa shape index (κ3) is 3.69. The van der Waals surface area contributed by atoms with Gasteiger partial charge in [0.1, 0.15) is 5.69 Å². The average Bonchev–Trinajstić information content (AvgIpc) is 2.99. The highest BCUT2D eigenvalue weighted by Gasteiger charge is 2.32. The normalized spacial score (nSPS) is 20.0. The van der Waals surface area contributed by atoms with Gasteiger partial charge < -0.3 is 15.2 Å². The van der Waals surface area contributed by atoms with Crippen molar-refractivity contribution < 1.29 is 14.4 Å². The van der Waals surface area contributed by atoms with Gasteiger partial charge in [0, 0.05) is 37.3 Å². The zero-order valence-corrected chi connectivity index (χ0v) is 15.8. The van der Waals surface area contributed by atoms with Crippen molar-refractivity contribution >= 4 is 17.6 Å². The third-order valence-electron chi connectivity index (χ3n) is 5.56. The van der Waals surface area contributed by atoms with Gasteiger partial charge in [-0.15, -0.1) is 0 Å². The summed E-state index contributed by atoms with van der Waals surface area (Å²) in [4.78, 5) is 42.5. The van der Waals surface area contributed by atoms with Crippen LogP contribution in [-0.4, -0.2) is 47.1 Å². The maximum absolute atomic E-state index is 13.0. The zero-order valence-electron chi connectivity index (χ0n) is 15.8. The van der Waals surface area contributed by atoms with E-state index in [0.29, 0.717) is 37.3 Å². The van der Waals surface area contributed by atoms with Crippen molar-refractivity contribution in [3.63, 3.8) is 0 Å². The quantitative estimate of drug-likeness (QED) is 0.793. The lowest BCUT2D eigenvalue weighted by atomic mass is 9.93. The summed E-state index contributed by atoms with van der Waals surface area (Å²) in [5.74, 6) is -0.0497. The summed E-state index contributed by atoms with van der Waals surface area (Å²) in [6, 6.07) is 0. The number of nitrogens with one attached hydrogen (secondary N) is 2. The average molecular weight is 359 g/mol. The van der Waals surface area contributed by atoms with E-state index in [1.807, 2.05) is 6.92 Å². The Balaban J connectivity index is 1.70. The number of Topliss-reactive ketones (excluding diaryl/α,β-unsaturated/α-hetero) is 1. The molecule has 3 rings (SSSR count). The number of aromatic amines is 1. The van der Waals surface area contributed by atoms with Gasteiger partial charge in [0.2, 0.25) is 5.91 Å². The van der Waals surface area contributed by atoms with E-state index >= 15 is 0 Å². The SMILES string of the molecule is CCCCNC(=O)C1CCCN(C(=O)c2[nH]c3c(c2C)C(=O)CCC3)C1. The molecule has 1 fully saturated rings. The number of likely N-dealkylation sites (tertiary alicyclic amines) is 1. The van der Waals surface area contributed by atoms with E-state index in [2.05, 4.69) is 17.2 Å². The van der Waals surface area contributed by atoms with E-state index in [4.69, 9.17) is 0 Å². The molecule has 2 aliphatic rings. The van der Waals surface area contributed by atoms with Gasteiger partial charge >= 0.3 is 0 Å². The topological polar surface area (TPSA) is 82.3 Å². The third-order valence-corrected chi connectivity index (χ3v) is 5.56. The predicted octanol–water partition coefficient (Wildman–Crippen LogP) is 2.61. The van der Waals surface area contributed by atoms with Gasteiger partial charge in [-0.05, 0) is 44.6 Å². The molecule has 1 saturated heterocycles. The minimum atomic E-state index is -0.143. The molecule has 26 heavy (non-hydrogen) atoms. The Kier molecular flexibility index (Phi) is 5.79. The number of aromatic nitrogens is 1. The Hall–Kier alpha value is -2.11. The molecule has 1 unspecified atom stereocenters. The van der Waals surface area contributed by atoms with Gasteiger partial charge in [0.05, 0.1) is 5.92 Å². The van der Waals surface area contributed by atoms with E-state index in [-0.39, 0.29) is 23.5 Å². The Bertz CT molecular complexity index is 707. The highest BCUT2D eigenvalue weighted by atomic mass is 16.2. The Labute approximate surface area is 154 Å². The van der Waals surface area contributed by atoms with Crippen LogP contribution in [0.3, 0.4) is 0 Å². The number of carbonyl (C=O) groups is 3. The highest BCUT2D eigenvalue weighted by Crippen LogP contribution is 2.28. The molecule has 0 aromatic carbocycles. The largest absolute Gasteiger partial charge is 0.356 e. The summed E-state index contributed by atoms with van der Waals surface area (Å²) in [5.41, 5.74) is 2.90. The number of ketones is 1. The van der Waals surface area contributed by atoms with Gasteiger partial charge in [-0.1, -0.05) is 13.3 Å². The van der Waals surface area contributed by atoms with Crippen molar-refractivity contribution in [2.75, 3.05) is 19.6 Å². The second kappa shape index (κ2) is 8.06. The first-order valence-electron chi connectivity index (χ1n) is 9.84. The molecule has 6 nitrogen and oxygen atoms in total. The van der Waals surface area contributed by atoms with Crippen molar-refractivity contribution in [1.29, 1.82) is 0 Å². The van der Waals surface area contributed by atoms with E-state index < -0.39 is 0 Å². The Morgan fingerprint density at radius 2 is 2.08 bits per heavy atom. The van der Waals surface area contributed by atoms with Crippen LogP contribution in [0.5, 0.6) is 0 Å². The van der Waals surface area contributed by atoms with Crippen molar-refractivity contribution in [3.05, 3.63) is 22.5 Å². The smallest absolute Gasteiger partial charge is 0.270 e. The number of H-pyrrole nitrogens is 1. The molecule has 1 atom stereocenters. The first-order valence-corrected chi connectivity index (χ1v) is 9.84. The summed E-state index contributed by atoms with van der Waals surface area (Å²) in [5, 5.41) is 2.98. The first kappa shape index (κ1) is 18.7. The van der Waals surface area contributed by atoms with Crippen molar-refractivity contribution in [1.82, 2.24) is 15.2 Å². The lowest BCUT2D eigenvalue weighted by Crippen LogP contribution is -2.45. The van der Waals surface area contributed by atoms with E-state index in [1.165, 1.54) is 0 Å². The Morgan fingerprint density at radius 1 is 1.27 bits per heavy atom. The van der Waals surface area contributed by atoms with Gasteiger partial charge in [-0.25, -0.2) is 0 Å². The van der Waals surface area contributed by atoms with Gasteiger partial charge in [-0.3, -0.25) is 14.4 Å². The van der Waals surface area contributed by atoms with Crippen LogP contribution in [0.2, 0.25) is 0 Å². The molecule has 0 bridgehead atoms. The van der Waals surface area contributed by atoms with Crippen LogP contribution in [0.25, 0.3) is 0 Å². The Morgan fingerprint density at radius 3 is 2.81 bits per heavy atom. The lowest BCUT2D eigenvalue weighted by Gasteiger charge is -2.32. The lowest BCUT2D eigenvalue weighted by molar-refractivity contribution is -0.126. The van der Waals surface area contributed by atoms with Crippen LogP contribution in [0.15, 0.2) is 0 Å². The second-order valence-electron chi connectivity index (χ2n) is 7.49. The first-order chi connectivity index (χ1) is 12.5. The van der Waals surface area contributed by atoms with Crippen LogP contribution < -0.4 is 5.32 Å². The molecule has 0 spiro atoms. The summed E-state index contributed by atoms with van der Waals surface area (Å²) in [7, 11) is 0. The number of unbranched alkanes of at least 4 members (excludes halogenated alkanes) is 1. The molecule has 1 aromatic heterocycles.